The maximum Gasteiger partial charge on any atom is 0.139 e. The van der Waals surface area contributed by atoms with Gasteiger partial charge in [0.25, 0.3) is 0 Å². The van der Waals surface area contributed by atoms with Crippen molar-refractivity contribution >= 4 is 17.5 Å². The van der Waals surface area contributed by atoms with Gasteiger partial charge in [0.1, 0.15) is 28.9 Å². The molecule has 0 unspecified atom stereocenters. The molecule has 4 aromatic rings. The molecule has 210 valence electrons. The minimum absolute atomic E-state index is 0.0735. The second-order valence-corrected chi connectivity index (χ2v) is 13.2. The molecule has 0 saturated heterocycles. The van der Waals surface area contributed by atoms with Gasteiger partial charge in [0, 0.05) is 17.6 Å². The summed E-state index contributed by atoms with van der Waals surface area (Å²) >= 11 is 1.76. The molecule has 0 bridgehead atoms. The van der Waals surface area contributed by atoms with Crippen LogP contribution < -0.4 is 4.74 Å². The van der Waals surface area contributed by atoms with E-state index in [2.05, 4.69) is 84.0 Å². The molecule has 2 fully saturated rings. The third kappa shape index (κ3) is 5.12. The van der Waals surface area contributed by atoms with E-state index in [0.29, 0.717) is 36.7 Å². The predicted octanol–water partition coefficient (Wildman–Crippen LogP) is 7.62. The smallest absolute Gasteiger partial charge is 0.139 e. The van der Waals surface area contributed by atoms with Gasteiger partial charge in [-0.2, -0.15) is 0 Å². The monoisotopic (exact) mass is 563 g/mol. The zero-order chi connectivity index (χ0) is 27.8. The molecule has 0 amide bonds. The van der Waals surface area contributed by atoms with Crippen LogP contribution in [0.4, 0.5) is 0 Å². The molecule has 5 nitrogen and oxygen atoms in total. The van der Waals surface area contributed by atoms with E-state index in [9.17, 15) is 4.79 Å². The van der Waals surface area contributed by atoms with Crippen molar-refractivity contribution in [3.63, 3.8) is 0 Å². The van der Waals surface area contributed by atoms with E-state index >= 15 is 0 Å². The lowest BCUT2D eigenvalue weighted by Gasteiger charge is -2.48. The number of fused-ring (bicyclic) bond motifs is 5. The highest BCUT2D eigenvalue weighted by atomic mass is 32.2. The number of ketones is 1. The molecule has 0 aliphatic heterocycles. The Hall–Kier alpha value is -3.38. The van der Waals surface area contributed by atoms with Crippen LogP contribution in [0.1, 0.15) is 72.9 Å². The number of hydrogen-bond donors (Lipinski definition) is 0. The molecule has 1 heterocycles. The maximum atomic E-state index is 12.7. The van der Waals surface area contributed by atoms with Gasteiger partial charge >= 0.3 is 0 Å². The average Bonchev–Trinajstić information content (AvgIpc) is 3.54. The molecular formula is C35H37N3O2S. The summed E-state index contributed by atoms with van der Waals surface area (Å²) in [6.07, 6.45) is 6.29. The lowest BCUT2D eigenvalue weighted by atomic mass is 9.55. The fourth-order valence-corrected chi connectivity index (χ4v) is 8.76. The summed E-state index contributed by atoms with van der Waals surface area (Å²) in [5.74, 6) is 4.04. The Bertz CT molecular complexity index is 1540. The van der Waals surface area contributed by atoms with Gasteiger partial charge in [-0.3, -0.25) is 4.79 Å². The Morgan fingerprint density at radius 3 is 2.54 bits per heavy atom. The molecule has 3 aromatic carbocycles. The lowest BCUT2D eigenvalue weighted by molar-refractivity contribution is -0.129. The SMILES string of the molecule is C[C@@]12CC[C@H]3c4ccc(OCc5nnn(Cc6ccccc6)c5SCc5ccccc5)cc4CC[C@@H]3[C@H]1CCC2=O. The van der Waals surface area contributed by atoms with Crippen LogP contribution in [0.5, 0.6) is 5.75 Å². The molecular weight excluding hydrogens is 526 g/mol. The zero-order valence-corrected chi connectivity index (χ0v) is 24.5. The normalized spacial score (nSPS) is 24.9. The van der Waals surface area contributed by atoms with Crippen LogP contribution in [0.25, 0.3) is 0 Å². The van der Waals surface area contributed by atoms with Gasteiger partial charge in [-0.25, -0.2) is 4.68 Å². The number of rotatable bonds is 8. The Balaban J connectivity index is 1.08. The van der Waals surface area contributed by atoms with E-state index in [1.807, 2.05) is 16.8 Å². The number of hydrogen-bond acceptors (Lipinski definition) is 5. The van der Waals surface area contributed by atoms with Crippen LogP contribution in [0.2, 0.25) is 0 Å². The van der Waals surface area contributed by atoms with E-state index in [0.717, 1.165) is 54.3 Å². The van der Waals surface area contributed by atoms with Crippen LogP contribution in [0, 0.1) is 17.3 Å². The molecule has 7 rings (SSSR count). The van der Waals surface area contributed by atoms with Gasteiger partial charge < -0.3 is 4.74 Å². The van der Waals surface area contributed by atoms with Crippen molar-refractivity contribution in [1.29, 1.82) is 0 Å². The molecule has 6 heteroatoms. The van der Waals surface area contributed by atoms with Gasteiger partial charge in [0.2, 0.25) is 0 Å². The van der Waals surface area contributed by atoms with E-state index in [4.69, 9.17) is 4.74 Å². The number of Topliss-reactive ketones (excluding diaryl/α,β-unsaturated/α-hetero) is 1. The van der Waals surface area contributed by atoms with Crippen molar-refractivity contribution in [1.82, 2.24) is 15.0 Å². The number of benzene rings is 3. The Kier molecular flexibility index (Phi) is 7.20. The average molecular weight is 564 g/mol. The third-order valence-electron chi connectivity index (χ3n) is 9.93. The second-order valence-electron chi connectivity index (χ2n) is 12.2. The summed E-state index contributed by atoms with van der Waals surface area (Å²) in [6, 6.07) is 27.6. The summed E-state index contributed by atoms with van der Waals surface area (Å²) < 4.78 is 8.38. The summed E-state index contributed by atoms with van der Waals surface area (Å²) in [7, 11) is 0. The topological polar surface area (TPSA) is 57.0 Å². The van der Waals surface area contributed by atoms with E-state index in [-0.39, 0.29) is 5.41 Å². The van der Waals surface area contributed by atoms with Crippen molar-refractivity contribution < 1.29 is 9.53 Å². The Morgan fingerprint density at radius 1 is 0.951 bits per heavy atom. The molecule has 3 aliphatic carbocycles. The third-order valence-corrected chi connectivity index (χ3v) is 11.1. The maximum absolute atomic E-state index is 12.7. The van der Waals surface area contributed by atoms with Crippen LogP contribution in [0.15, 0.2) is 83.9 Å². The summed E-state index contributed by atoms with van der Waals surface area (Å²) in [4.78, 5) is 12.7. The molecule has 0 radical (unpaired) electrons. The number of ether oxygens (including phenoxy) is 1. The van der Waals surface area contributed by atoms with Crippen LogP contribution in [0.3, 0.4) is 0 Å². The largest absolute Gasteiger partial charge is 0.487 e. The van der Waals surface area contributed by atoms with Crippen molar-refractivity contribution in [2.45, 2.75) is 75.3 Å². The van der Waals surface area contributed by atoms with E-state index in [1.54, 1.807) is 11.8 Å². The van der Waals surface area contributed by atoms with E-state index < -0.39 is 0 Å². The first-order valence-corrected chi connectivity index (χ1v) is 16.0. The second kappa shape index (κ2) is 11.1. The molecule has 4 atom stereocenters. The van der Waals surface area contributed by atoms with Gasteiger partial charge in [0.15, 0.2) is 0 Å². The van der Waals surface area contributed by atoms with Crippen LogP contribution >= 0.6 is 11.8 Å². The summed E-state index contributed by atoms with van der Waals surface area (Å²) in [5, 5.41) is 10.1. The number of aromatic nitrogens is 3. The number of thioether (sulfide) groups is 1. The molecule has 1 aromatic heterocycles. The van der Waals surface area contributed by atoms with Crippen molar-refractivity contribution in [3.05, 3.63) is 107 Å². The highest BCUT2D eigenvalue weighted by molar-refractivity contribution is 7.98. The van der Waals surface area contributed by atoms with Gasteiger partial charge in [0.05, 0.1) is 6.54 Å². The Labute approximate surface area is 246 Å². The standard InChI is InChI=1S/C35H37N3O2S/c1-35-19-18-29-28-15-13-27(20-26(28)12-14-30(29)31(35)16-17-33(35)39)40-22-32-34(41-23-25-10-6-3-7-11-25)38(37-36-32)21-24-8-4-2-5-9-24/h2-11,13,15,20,29-31H,12,14,16-19,21-23H2,1H3/t29-,30-,31+,35+/m0/s1. The lowest BCUT2D eigenvalue weighted by Crippen LogP contribution is -2.42. The zero-order valence-electron chi connectivity index (χ0n) is 23.7. The molecule has 2 saturated carbocycles. The summed E-state index contributed by atoms with van der Waals surface area (Å²) in [6.45, 7) is 3.31. The number of carbonyl (C=O) groups is 1. The van der Waals surface area contributed by atoms with Crippen molar-refractivity contribution in [3.8, 4) is 5.75 Å². The highest BCUT2D eigenvalue weighted by Gasteiger charge is 2.54. The van der Waals surface area contributed by atoms with Crippen molar-refractivity contribution in [2.75, 3.05) is 0 Å². The number of carbonyl (C=O) groups excluding carboxylic acids is 1. The number of aryl methyl sites for hydroxylation is 1. The number of nitrogens with zero attached hydrogens (tertiary/aromatic N) is 3. The van der Waals surface area contributed by atoms with Crippen LogP contribution in [-0.4, -0.2) is 20.8 Å². The summed E-state index contributed by atoms with van der Waals surface area (Å²) in [5.41, 5.74) is 6.18. The first-order valence-electron chi connectivity index (χ1n) is 15.0. The fraction of sp³-hybridized carbons (Fsp3) is 0.400. The first-order chi connectivity index (χ1) is 20.1. The van der Waals surface area contributed by atoms with Gasteiger partial charge in [-0.15, -0.1) is 5.10 Å². The minimum atomic E-state index is -0.0735. The van der Waals surface area contributed by atoms with Crippen molar-refractivity contribution in [2.24, 2.45) is 17.3 Å². The molecule has 0 spiro atoms. The highest BCUT2D eigenvalue weighted by Crippen LogP contribution is 2.59. The van der Waals surface area contributed by atoms with Gasteiger partial charge in [-0.1, -0.05) is 90.6 Å². The van der Waals surface area contributed by atoms with Gasteiger partial charge in [-0.05, 0) is 84.2 Å². The molecule has 0 N–H and O–H groups in total. The quantitative estimate of drug-likeness (QED) is 0.206. The predicted molar refractivity (Wildman–Crippen MR) is 162 cm³/mol. The fourth-order valence-electron chi connectivity index (χ4n) is 7.75. The van der Waals surface area contributed by atoms with E-state index in [1.165, 1.54) is 28.7 Å². The molecule has 41 heavy (non-hydrogen) atoms. The first kappa shape index (κ1) is 26.5. The Morgan fingerprint density at radius 2 is 1.73 bits per heavy atom. The van der Waals surface area contributed by atoms with Crippen LogP contribution in [-0.2, 0) is 30.1 Å². The molecule has 3 aliphatic rings. The minimum Gasteiger partial charge on any atom is -0.487 e.